The summed E-state index contributed by atoms with van der Waals surface area (Å²) in [5, 5.41) is 0. The summed E-state index contributed by atoms with van der Waals surface area (Å²) in [6.07, 6.45) is 10.2. The molecule has 5 heteroatoms. The SMILES string of the molecule is CC(Oc1ccc2c(c1)CCC1C2CC[C@]2(C)C(c3cncc(F)c3)=CCC12)C(N)=O. The van der Waals surface area contributed by atoms with Crippen LogP contribution in [0.4, 0.5) is 4.39 Å². The van der Waals surface area contributed by atoms with Crippen molar-refractivity contribution < 1.29 is 13.9 Å². The molecule has 4 unspecified atom stereocenters. The average Bonchev–Trinajstić information content (AvgIpc) is 3.10. The number of primary amides is 1. The molecule has 0 radical (unpaired) electrons. The van der Waals surface area contributed by atoms with E-state index in [1.807, 2.05) is 6.07 Å². The summed E-state index contributed by atoms with van der Waals surface area (Å²) in [4.78, 5) is 15.4. The second kappa shape index (κ2) is 7.47. The van der Waals surface area contributed by atoms with E-state index >= 15 is 0 Å². The number of fused-ring (bicyclic) bond motifs is 5. The van der Waals surface area contributed by atoms with Crippen LogP contribution in [-0.2, 0) is 11.2 Å². The number of carbonyl (C=O) groups is 1. The number of aryl methyl sites for hydroxylation is 1. The van der Waals surface area contributed by atoms with Gasteiger partial charge in [0.15, 0.2) is 6.10 Å². The minimum Gasteiger partial charge on any atom is -0.481 e. The summed E-state index contributed by atoms with van der Waals surface area (Å²) in [6, 6.07) is 7.89. The molecule has 3 aliphatic rings. The van der Waals surface area contributed by atoms with E-state index in [1.54, 1.807) is 19.2 Å². The van der Waals surface area contributed by atoms with Crippen molar-refractivity contribution in [3.05, 3.63) is 65.2 Å². The molecule has 2 N–H and O–H groups in total. The first-order valence-corrected chi connectivity index (χ1v) is 11.3. The standard InChI is InChI=1S/C26H29FN2O2/c1-15(25(28)30)31-19-4-6-20-16(12-19)3-5-22-21(20)9-10-26(2)23(7-8-24(22)26)17-11-18(27)14-29-13-17/h4,6-7,11-15,21-22,24H,3,5,8-10H2,1-2H3,(H2,28,30)/t15?,21?,22?,24?,26-/m1/s1. The normalized spacial score (nSPS) is 29.9. The second-order valence-corrected chi connectivity index (χ2v) is 9.64. The lowest BCUT2D eigenvalue weighted by molar-refractivity contribution is -0.123. The van der Waals surface area contributed by atoms with Gasteiger partial charge < -0.3 is 10.5 Å². The van der Waals surface area contributed by atoms with Crippen LogP contribution in [0.3, 0.4) is 0 Å². The molecule has 1 amide bonds. The molecule has 2 aromatic rings. The fourth-order valence-electron chi connectivity index (χ4n) is 6.47. The highest BCUT2D eigenvalue weighted by Crippen LogP contribution is 2.63. The van der Waals surface area contributed by atoms with Crippen molar-refractivity contribution in [3.8, 4) is 5.75 Å². The van der Waals surface area contributed by atoms with E-state index in [1.165, 1.54) is 22.9 Å². The van der Waals surface area contributed by atoms with Gasteiger partial charge in [0.05, 0.1) is 6.20 Å². The molecule has 0 saturated heterocycles. The summed E-state index contributed by atoms with van der Waals surface area (Å²) in [5.41, 5.74) is 10.4. The number of allylic oxidation sites excluding steroid dienone is 2. The Bertz CT molecular complexity index is 1070. The van der Waals surface area contributed by atoms with Crippen molar-refractivity contribution in [1.82, 2.24) is 4.98 Å². The van der Waals surface area contributed by atoms with Gasteiger partial charge in [0.25, 0.3) is 5.91 Å². The molecule has 1 aromatic heterocycles. The van der Waals surface area contributed by atoms with Crippen molar-refractivity contribution in [2.24, 2.45) is 23.0 Å². The number of nitrogens with two attached hydrogens (primary N) is 1. The minimum absolute atomic E-state index is 0.0775. The number of ether oxygens (including phenoxy) is 1. The quantitative estimate of drug-likeness (QED) is 0.755. The highest BCUT2D eigenvalue weighted by Gasteiger charge is 2.52. The molecular weight excluding hydrogens is 391 g/mol. The van der Waals surface area contributed by atoms with Crippen molar-refractivity contribution >= 4 is 11.5 Å². The molecule has 5 rings (SSSR count). The van der Waals surface area contributed by atoms with Crippen molar-refractivity contribution in [2.45, 2.75) is 58.0 Å². The van der Waals surface area contributed by atoms with Gasteiger partial charge in [-0.2, -0.15) is 0 Å². The third-order valence-corrected chi connectivity index (χ3v) is 8.01. The van der Waals surface area contributed by atoms with Crippen LogP contribution in [0.2, 0.25) is 0 Å². The predicted molar refractivity (Wildman–Crippen MR) is 118 cm³/mol. The predicted octanol–water partition coefficient (Wildman–Crippen LogP) is 5.02. The minimum atomic E-state index is -0.634. The fourth-order valence-corrected chi connectivity index (χ4v) is 6.47. The Kier molecular flexibility index (Phi) is 4.87. The smallest absolute Gasteiger partial charge is 0.258 e. The maximum absolute atomic E-state index is 13.8. The van der Waals surface area contributed by atoms with Gasteiger partial charge in [-0.1, -0.05) is 19.1 Å². The number of hydrogen-bond donors (Lipinski definition) is 1. The number of pyridine rings is 1. The Hall–Kier alpha value is -2.69. The molecule has 3 aliphatic carbocycles. The molecular formula is C26H29FN2O2. The van der Waals surface area contributed by atoms with E-state index in [4.69, 9.17) is 10.5 Å². The van der Waals surface area contributed by atoms with E-state index in [-0.39, 0.29) is 11.2 Å². The average molecular weight is 421 g/mol. The number of amides is 1. The van der Waals surface area contributed by atoms with E-state index in [9.17, 15) is 9.18 Å². The highest BCUT2D eigenvalue weighted by atomic mass is 19.1. The summed E-state index contributed by atoms with van der Waals surface area (Å²) < 4.78 is 19.6. The molecule has 1 saturated carbocycles. The highest BCUT2D eigenvalue weighted by molar-refractivity contribution is 5.78. The van der Waals surface area contributed by atoms with E-state index in [0.717, 1.165) is 37.7 Å². The van der Waals surface area contributed by atoms with Crippen molar-refractivity contribution in [1.29, 1.82) is 0 Å². The lowest BCUT2D eigenvalue weighted by Gasteiger charge is -2.50. The van der Waals surface area contributed by atoms with Gasteiger partial charge in [0.1, 0.15) is 11.6 Å². The number of aromatic nitrogens is 1. The zero-order valence-electron chi connectivity index (χ0n) is 18.1. The van der Waals surface area contributed by atoms with Crippen LogP contribution in [0.5, 0.6) is 5.75 Å². The summed E-state index contributed by atoms with van der Waals surface area (Å²) in [6.45, 7) is 4.05. The van der Waals surface area contributed by atoms with Gasteiger partial charge in [-0.05, 0) is 103 Å². The Balaban J connectivity index is 1.39. The van der Waals surface area contributed by atoms with Crippen LogP contribution < -0.4 is 10.5 Å². The molecule has 4 nitrogen and oxygen atoms in total. The lowest BCUT2D eigenvalue weighted by Crippen LogP contribution is -2.41. The van der Waals surface area contributed by atoms with E-state index in [2.05, 4.69) is 30.1 Å². The van der Waals surface area contributed by atoms with Gasteiger partial charge in [-0.25, -0.2) is 4.39 Å². The molecule has 0 spiro atoms. The van der Waals surface area contributed by atoms with E-state index < -0.39 is 12.0 Å². The lowest BCUT2D eigenvalue weighted by atomic mass is 9.54. The summed E-state index contributed by atoms with van der Waals surface area (Å²) >= 11 is 0. The third-order valence-electron chi connectivity index (χ3n) is 8.01. The molecule has 0 aliphatic heterocycles. The Labute approximate surface area is 182 Å². The van der Waals surface area contributed by atoms with Crippen LogP contribution >= 0.6 is 0 Å². The van der Waals surface area contributed by atoms with E-state index in [0.29, 0.717) is 23.5 Å². The zero-order valence-corrected chi connectivity index (χ0v) is 18.1. The number of carbonyl (C=O) groups excluding carboxylic acids is 1. The van der Waals surface area contributed by atoms with Crippen LogP contribution in [0.15, 0.2) is 42.7 Å². The molecule has 31 heavy (non-hydrogen) atoms. The zero-order chi connectivity index (χ0) is 21.8. The number of rotatable bonds is 4. The van der Waals surface area contributed by atoms with Crippen molar-refractivity contribution in [2.75, 3.05) is 0 Å². The first-order chi connectivity index (χ1) is 14.9. The number of benzene rings is 1. The van der Waals surface area contributed by atoms with Crippen LogP contribution in [0.1, 0.15) is 62.1 Å². The second-order valence-electron chi connectivity index (χ2n) is 9.64. The first kappa shape index (κ1) is 20.2. The van der Waals surface area contributed by atoms with Crippen molar-refractivity contribution in [3.63, 3.8) is 0 Å². The first-order valence-electron chi connectivity index (χ1n) is 11.3. The number of nitrogens with zero attached hydrogens (tertiary/aromatic N) is 1. The third kappa shape index (κ3) is 3.35. The van der Waals surface area contributed by atoms with Crippen LogP contribution in [-0.4, -0.2) is 17.0 Å². The Morgan fingerprint density at radius 2 is 2.13 bits per heavy atom. The number of halogens is 1. The molecule has 1 fully saturated rings. The largest absolute Gasteiger partial charge is 0.481 e. The Morgan fingerprint density at radius 1 is 1.29 bits per heavy atom. The fraction of sp³-hybridized carbons (Fsp3) is 0.462. The van der Waals surface area contributed by atoms with Gasteiger partial charge in [-0.15, -0.1) is 0 Å². The monoisotopic (exact) mass is 420 g/mol. The Morgan fingerprint density at radius 3 is 2.90 bits per heavy atom. The molecule has 5 atom stereocenters. The van der Waals surface area contributed by atoms with Gasteiger partial charge in [0.2, 0.25) is 0 Å². The molecule has 1 heterocycles. The maximum Gasteiger partial charge on any atom is 0.258 e. The van der Waals surface area contributed by atoms with Gasteiger partial charge in [-0.3, -0.25) is 9.78 Å². The van der Waals surface area contributed by atoms with Crippen LogP contribution in [0.25, 0.3) is 5.57 Å². The maximum atomic E-state index is 13.8. The molecule has 0 bridgehead atoms. The van der Waals surface area contributed by atoms with Crippen LogP contribution in [0, 0.1) is 23.1 Å². The molecule has 1 aromatic carbocycles. The summed E-state index contributed by atoms with van der Waals surface area (Å²) in [5.74, 6) is 1.73. The van der Waals surface area contributed by atoms with Gasteiger partial charge >= 0.3 is 0 Å². The number of hydrogen-bond acceptors (Lipinski definition) is 3. The topological polar surface area (TPSA) is 65.2 Å². The molecule has 162 valence electrons. The summed E-state index contributed by atoms with van der Waals surface area (Å²) in [7, 11) is 0. The van der Waals surface area contributed by atoms with Gasteiger partial charge in [0, 0.05) is 6.20 Å².